The van der Waals surface area contributed by atoms with Crippen LogP contribution in [0.2, 0.25) is 5.02 Å². The first-order valence-corrected chi connectivity index (χ1v) is 9.98. The predicted octanol–water partition coefficient (Wildman–Crippen LogP) is 4.82. The number of fused-ring (bicyclic) bond motifs is 2. The van der Waals surface area contributed by atoms with Crippen LogP contribution in [-0.2, 0) is 20.0 Å². The lowest BCUT2D eigenvalue weighted by Crippen LogP contribution is -2.29. The Hall–Kier alpha value is -2.90. The van der Waals surface area contributed by atoms with Crippen LogP contribution in [0.4, 0.5) is 0 Å². The van der Waals surface area contributed by atoms with Crippen molar-refractivity contribution in [3.8, 4) is 0 Å². The van der Waals surface area contributed by atoms with Crippen molar-refractivity contribution >= 4 is 40.8 Å². The number of oxazole rings is 1. The van der Waals surface area contributed by atoms with Crippen molar-refractivity contribution in [2.75, 3.05) is 0 Å². The fraction of sp³-hybridized carbons (Fsp3) is 0.190. The quantitative estimate of drug-likeness (QED) is 0.477. The van der Waals surface area contributed by atoms with Crippen molar-refractivity contribution in [2.24, 2.45) is 7.05 Å². The smallest absolute Gasteiger partial charge is 0.266 e. The number of hydrogen-bond acceptors (Lipinski definition) is 4. The van der Waals surface area contributed by atoms with Crippen LogP contribution >= 0.6 is 23.8 Å². The van der Waals surface area contributed by atoms with E-state index in [1.54, 1.807) is 10.9 Å². The van der Waals surface area contributed by atoms with E-state index in [2.05, 4.69) is 10.1 Å². The van der Waals surface area contributed by atoms with E-state index in [4.69, 9.17) is 28.2 Å². The van der Waals surface area contributed by atoms with Crippen LogP contribution in [-0.4, -0.2) is 25.6 Å². The molecule has 1 N–H and O–H groups in total. The highest BCUT2D eigenvalue weighted by Crippen LogP contribution is 2.38. The van der Waals surface area contributed by atoms with Gasteiger partial charge in [-0.25, -0.2) is 0 Å². The molecule has 1 atom stereocenters. The maximum absolute atomic E-state index is 13.2. The molecule has 4 aromatic rings. The molecular weight excluding hydrogens is 408 g/mol. The molecule has 8 heteroatoms. The number of benzene rings is 2. The second-order valence-corrected chi connectivity index (χ2v) is 7.93. The average Bonchev–Trinajstić information content (AvgIpc) is 3.32. The molecule has 1 unspecified atom stereocenters. The molecule has 1 aliphatic rings. The Kier molecular flexibility index (Phi) is 4.29. The van der Waals surface area contributed by atoms with Gasteiger partial charge >= 0.3 is 0 Å². The average molecular weight is 425 g/mol. The normalized spacial score (nSPS) is 16.0. The Labute approximate surface area is 176 Å². The topological polar surface area (TPSA) is 67.1 Å². The Morgan fingerprint density at radius 3 is 2.90 bits per heavy atom. The molecule has 0 saturated carbocycles. The molecule has 2 aromatic carbocycles. The van der Waals surface area contributed by atoms with Gasteiger partial charge in [-0.2, -0.15) is 5.10 Å². The highest BCUT2D eigenvalue weighted by Gasteiger charge is 2.37. The second-order valence-electron chi connectivity index (χ2n) is 7.15. The molecule has 0 spiro atoms. The molecule has 0 bridgehead atoms. The highest BCUT2D eigenvalue weighted by molar-refractivity contribution is 7.71. The lowest BCUT2D eigenvalue weighted by molar-refractivity contribution is 0.0708. The first-order valence-electron chi connectivity index (χ1n) is 9.19. The summed E-state index contributed by atoms with van der Waals surface area (Å²) in [7, 11) is 1.86. The number of carbonyl (C=O) groups is 1. The van der Waals surface area contributed by atoms with Crippen molar-refractivity contribution in [1.82, 2.24) is 19.7 Å². The molecule has 1 aliphatic heterocycles. The van der Waals surface area contributed by atoms with Crippen LogP contribution in [0.3, 0.4) is 0 Å². The molecule has 0 aliphatic carbocycles. The summed E-state index contributed by atoms with van der Waals surface area (Å²) in [5.74, 6) is 0.0129. The molecular formula is C21H17ClN4O2S. The maximum Gasteiger partial charge on any atom is 0.266 e. The summed E-state index contributed by atoms with van der Waals surface area (Å²) in [6.45, 7) is 0.455. The number of aromatic amines is 1. The largest absolute Gasteiger partial charge is 0.429 e. The first-order chi connectivity index (χ1) is 14.0. The van der Waals surface area contributed by atoms with E-state index in [0.717, 1.165) is 27.9 Å². The number of aryl methyl sites for hydroxylation is 1. The lowest BCUT2D eigenvalue weighted by atomic mass is 10.0. The fourth-order valence-electron chi connectivity index (χ4n) is 3.98. The zero-order valence-electron chi connectivity index (χ0n) is 15.6. The molecule has 1 amide bonds. The number of H-pyrrole nitrogens is 1. The van der Waals surface area contributed by atoms with E-state index < -0.39 is 0 Å². The van der Waals surface area contributed by atoms with Crippen LogP contribution in [0, 0.1) is 4.84 Å². The molecule has 146 valence electrons. The monoisotopic (exact) mass is 424 g/mol. The van der Waals surface area contributed by atoms with E-state index in [1.807, 2.05) is 54.4 Å². The van der Waals surface area contributed by atoms with Gasteiger partial charge in [0, 0.05) is 25.6 Å². The van der Waals surface area contributed by atoms with Crippen LogP contribution in [0.1, 0.15) is 33.2 Å². The van der Waals surface area contributed by atoms with Gasteiger partial charge in [0.2, 0.25) is 0 Å². The maximum atomic E-state index is 13.2. The molecule has 3 heterocycles. The van der Waals surface area contributed by atoms with Crippen molar-refractivity contribution < 1.29 is 9.21 Å². The highest BCUT2D eigenvalue weighted by atomic mass is 35.5. The standard InChI is InChI=1S/C21H17ClN4O2S/c1-25-18(15(22)10-23-25)9-17-13-4-2-3-5-14(13)20(27)26(17)11-12-6-7-16-19(8-12)28-21(29)24-16/h2-8,10,17H,9,11H2,1H3,(H,24,29). The summed E-state index contributed by atoms with van der Waals surface area (Å²) in [5.41, 5.74) is 5.14. The molecule has 0 radical (unpaired) electrons. The number of halogens is 1. The van der Waals surface area contributed by atoms with Gasteiger partial charge in [-0.1, -0.05) is 35.9 Å². The van der Waals surface area contributed by atoms with E-state index in [9.17, 15) is 4.79 Å². The third-order valence-corrected chi connectivity index (χ3v) is 5.92. The Morgan fingerprint density at radius 1 is 1.28 bits per heavy atom. The number of rotatable bonds is 4. The van der Waals surface area contributed by atoms with Crippen molar-refractivity contribution in [2.45, 2.75) is 19.0 Å². The minimum Gasteiger partial charge on any atom is -0.429 e. The number of aromatic nitrogens is 3. The van der Waals surface area contributed by atoms with Crippen molar-refractivity contribution in [3.63, 3.8) is 0 Å². The minimum atomic E-state index is -0.125. The summed E-state index contributed by atoms with van der Waals surface area (Å²) >= 11 is 11.4. The van der Waals surface area contributed by atoms with Gasteiger partial charge in [-0.3, -0.25) is 9.48 Å². The van der Waals surface area contributed by atoms with Crippen molar-refractivity contribution in [1.29, 1.82) is 0 Å². The molecule has 0 fully saturated rings. The van der Waals surface area contributed by atoms with E-state index in [0.29, 0.717) is 28.4 Å². The summed E-state index contributed by atoms with van der Waals surface area (Å²) in [6, 6.07) is 13.4. The lowest BCUT2D eigenvalue weighted by Gasteiger charge is -2.26. The third kappa shape index (κ3) is 3.07. The zero-order valence-corrected chi connectivity index (χ0v) is 17.1. The molecule has 5 rings (SSSR count). The number of hydrogen-bond donors (Lipinski definition) is 1. The summed E-state index contributed by atoms with van der Waals surface area (Å²) in [4.78, 5) is 18.4. The van der Waals surface area contributed by atoms with E-state index in [-0.39, 0.29) is 11.9 Å². The van der Waals surface area contributed by atoms with Gasteiger partial charge < -0.3 is 14.3 Å². The molecule has 6 nitrogen and oxygen atoms in total. The second kappa shape index (κ2) is 6.86. The van der Waals surface area contributed by atoms with Crippen LogP contribution in [0.15, 0.2) is 53.1 Å². The van der Waals surface area contributed by atoms with E-state index >= 15 is 0 Å². The van der Waals surface area contributed by atoms with E-state index in [1.165, 1.54) is 0 Å². The number of nitrogens with zero attached hydrogens (tertiary/aromatic N) is 3. The molecule has 0 saturated heterocycles. The van der Waals surface area contributed by atoms with Gasteiger partial charge in [0.25, 0.3) is 10.7 Å². The minimum absolute atomic E-state index is 0.0129. The van der Waals surface area contributed by atoms with Gasteiger partial charge in [0.05, 0.1) is 28.5 Å². The molecule has 29 heavy (non-hydrogen) atoms. The number of nitrogens with one attached hydrogen (secondary N) is 1. The Morgan fingerprint density at radius 2 is 2.10 bits per heavy atom. The van der Waals surface area contributed by atoms with Crippen LogP contribution in [0.5, 0.6) is 0 Å². The fourth-order valence-corrected chi connectivity index (χ4v) is 4.43. The SMILES string of the molecule is Cn1ncc(Cl)c1CC1c2ccccc2C(=O)N1Cc1ccc2[nH]c(=S)oc2c1. The summed E-state index contributed by atoms with van der Waals surface area (Å²) in [5, 5.41) is 4.84. The number of carbonyl (C=O) groups excluding carboxylic acids is 1. The number of amides is 1. The summed E-state index contributed by atoms with van der Waals surface area (Å²) in [6.07, 6.45) is 2.23. The van der Waals surface area contributed by atoms with Crippen LogP contribution in [0.25, 0.3) is 11.1 Å². The third-order valence-electron chi connectivity index (χ3n) is 5.42. The van der Waals surface area contributed by atoms with Gasteiger partial charge in [-0.15, -0.1) is 0 Å². The van der Waals surface area contributed by atoms with Crippen LogP contribution < -0.4 is 0 Å². The Bertz CT molecular complexity index is 1290. The summed E-state index contributed by atoms with van der Waals surface area (Å²) < 4.78 is 7.30. The Balaban J connectivity index is 1.53. The zero-order chi connectivity index (χ0) is 20.1. The van der Waals surface area contributed by atoms with Gasteiger partial charge in [0.15, 0.2) is 5.58 Å². The van der Waals surface area contributed by atoms with Crippen molar-refractivity contribution in [3.05, 3.63) is 80.9 Å². The van der Waals surface area contributed by atoms with Gasteiger partial charge in [0.1, 0.15) is 0 Å². The first kappa shape index (κ1) is 18.1. The molecule has 2 aromatic heterocycles. The van der Waals surface area contributed by atoms with Gasteiger partial charge in [-0.05, 0) is 41.5 Å². The predicted molar refractivity (Wildman–Crippen MR) is 112 cm³/mol.